The van der Waals surface area contributed by atoms with Crippen LogP contribution in [0, 0.1) is 11.6 Å². The predicted octanol–water partition coefficient (Wildman–Crippen LogP) is 0.544. The van der Waals surface area contributed by atoms with Gasteiger partial charge in [-0.25, -0.2) is 17.2 Å². The molecule has 0 aliphatic carbocycles. The number of rotatable bonds is 4. The average Bonchev–Trinajstić information content (AvgIpc) is 2.22. The van der Waals surface area contributed by atoms with E-state index in [1.165, 1.54) is 7.05 Å². The van der Waals surface area contributed by atoms with E-state index < -0.39 is 26.6 Å². The van der Waals surface area contributed by atoms with Crippen LogP contribution in [0.3, 0.4) is 0 Å². The SMILES string of the molecule is CN(CCN)S(=O)(=O)c1cc(F)ccc1F. The Kier molecular flexibility index (Phi) is 3.95. The van der Waals surface area contributed by atoms with E-state index in [9.17, 15) is 17.2 Å². The molecule has 0 amide bonds. The van der Waals surface area contributed by atoms with Crippen LogP contribution in [-0.2, 0) is 10.0 Å². The van der Waals surface area contributed by atoms with Crippen molar-refractivity contribution < 1.29 is 17.2 Å². The second-order valence-corrected chi connectivity index (χ2v) is 5.20. The molecule has 1 aromatic carbocycles. The summed E-state index contributed by atoms with van der Waals surface area (Å²) in [6, 6.07) is 2.29. The Bertz CT molecular complexity index is 476. The fourth-order valence-corrected chi connectivity index (χ4v) is 2.40. The second kappa shape index (κ2) is 4.86. The molecular weight excluding hydrogens is 238 g/mol. The summed E-state index contributed by atoms with van der Waals surface area (Å²) in [6.07, 6.45) is 0. The minimum absolute atomic E-state index is 0.0400. The van der Waals surface area contributed by atoms with Gasteiger partial charge in [-0.2, -0.15) is 4.31 Å². The first kappa shape index (κ1) is 13.0. The summed E-state index contributed by atoms with van der Waals surface area (Å²) >= 11 is 0. The van der Waals surface area contributed by atoms with Crippen LogP contribution in [-0.4, -0.2) is 32.9 Å². The molecule has 1 aromatic rings. The van der Waals surface area contributed by atoms with E-state index in [0.717, 1.165) is 16.4 Å². The Morgan fingerprint density at radius 3 is 2.56 bits per heavy atom. The minimum atomic E-state index is -4.02. The van der Waals surface area contributed by atoms with Crippen LogP contribution in [0.15, 0.2) is 23.1 Å². The molecule has 0 unspecified atom stereocenters. The van der Waals surface area contributed by atoms with Gasteiger partial charge in [0.1, 0.15) is 16.5 Å². The Morgan fingerprint density at radius 1 is 1.38 bits per heavy atom. The molecule has 0 radical (unpaired) electrons. The number of likely N-dealkylation sites (N-methyl/N-ethyl adjacent to an activating group) is 1. The van der Waals surface area contributed by atoms with E-state index in [1.807, 2.05) is 0 Å². The van der Waals surface area contributed by atoms with E-state index >= 15 is 0 Å². The highest BCUT2D eigenvalue weighted by Crippen LogP contribution is 2.18. The van der Waals surface area contributed by atoms with Gasteiger partial charge in [-0.1, -0.05) is 0 Å². The molecule has 4 nitrogen and oxygen atoms in total. The van der Waals surface area contributed by atoms with Gasteiger partial charge in [-0.15, -0.1) is 0 Å². The van der Waals surface area contributed by atoms with Crippen LogP contribution in [0.1, 0.15) is 0 Å². The molecule has 1 rings (SSSR count). The lowest BCUT2D eigenvalue weighted by Gasteiger charge is -2.16. The van der Waals surface area contributed by atoms with Crippen molar-refractivity contribution in [3.63, 3.8) is 0 Å². The molecule has 7 heteroatoms. The largest absolute Gasteiger partial charge is 0.329 e. The van der Waals surface area contributed by atoms with E-state index in [0.29, 0.717) is 6.07 Å². The van der Waals surface area contributed by atoms with Crippen molar-refractivity contribution in [2.75, 3.05) is 20.1 Å². The quantitative estimate of drug-likeness (QED) is 0.848. The molecular formula is C9H12F2N2O2S. The number of nitrogens with zero attached hydrogens (tertiary/aromatic N) is 1. The maximum absolute atomic E-state index is 13.3. The van der Waals surface area contributed by atoms with Crippen LogP contribution < -0.4 is 5.73 Å². The monoisotopic (exact) mass is 250 g/mol. The molecule has 16 heavy (non-hydrogen) atoms. The molecule has 0 atom stereocenters. The van der Waals surface area contributed by atoms with Gasteiger partial charge in [0.25, 0.3) is 0 Å². The zero-order chi connectivity index (χ0) is 12.3. The standard InChI is InChI=1S/C9H12F2N2O2S/c1-13(5-4-12)16(14,15)9-6-7(10)2-3-8(9)11/h2-3,6H,4-5,12H2,1H3. The molecule has 0 saturated carbocycles. The minimum Gasteiger partial charge on any atom is -0.329 e. The molecule has 90 valence electrons. The summed E-state index contributed by atoms with van der Waals surface area (Å²) in [4.78, 5) is -0.677. The van der Waals surface area contributed by atoms with E-state index in [1.54, 1.807) is 0 Å². The lowest BCUT2D eigenvalue weighted by atomic mass is 10.3. The molecule has 0 aromatic heterocycles. The molecule has 0 saturated heterocycles. The fraction of sp³-hybridized carbons (Fsp3) is 0.333. The highest BCUT2D eigenvalue weighted by atomic mass is 32.2. The summed E-state index contributed by atoms with van der Waals surface area (Å²) in [5.41, 5.74) is 5.20. The highest BCUT2D eigenvalue weighted by molar-refractivity contribution is 7.89. The van der Waals surface area contributed by atoms with E-state index in [-0.39, 0.29) is 13.1 Å². The number of hydrogen-bond acceptors (Lipinski definition) is 3. The molecule has 0 bridgehead atoms. The number of sulfonamides is 1. The fourth-order valence-electron chi connectivity index (χ4n) is 1.14. The molecule has 0 aliphatic rings. The van der Waals surface area contributed by atoms with Crippen LogP contribution in [0.4, 0.5) is 8.78 Å². The van der Waals surface area contributed by atoms with Gasteiger partial charge in [0, 0.05) is 20.1 Å². The zero-order valence-corrected chi connectivity index (χ0v) is 9.47. The van der Waals surface area contributed by atoms with Crippen molar-refractivity contribution >= 4 is 10.0 Å². The van der Waals surface area contributed by atoms with Crippen LogP contribution in [0.5, 0.6) is 0 Å². The van der Waals surface area contributed by atoms with Gasteiger partial charge >= 0.3 is 0 Å². The maximum Gasteiger partial charge on any atom is 0.245 e. The third-order valence-electron chi connectivity index (χ3n) is 2.03. The third kappa shape index (κ3) is 2.55. The predicted molar refractivity (Wildman–Crippen MR) is 55.2 cm³/mol. The third-order valence-corrected chi connectivity index (χ3v) is 3.90. The Hall–Kier alpha value is -1.05. The lowest BCUT2D eigenvalue weighted by Crippen LogP contribution is -2.32. The van der Waals surface area contributed by atoms with Gasteiger partial charge < -0.3 is 5.73 Å². The van der Waals surface area contributed by atoms with Gasteiger partial charge in [-0.05, 0) is 18.2 Å². The van der Waals surface area contributed by atoms with Gasteiger partial charge in [-0.3, -0.25) is 0 Å². The number of benzene rings is 1. The van der Waals surface area contributed by atoms with Gasteiger partial charge in [0.15, 0.2) is 0 Å². The van der Waals surface area contributed by atoms with Crippen LogP contribution >= 0.6 is 0 Å². The van der Waals surface area contributed by atoms with Crippen molar-refractivity contribution in [3.8, 4) is 0 Å². The summed E-state index contributed by atoms with van der Waals surface area (Å²) in [6.45, 7) is 0.144. The molecule has 0 spiro atoms. The Morgan fingerprint density at radius 2 is 2.00 bits per heavy atom. The first-order valence-corrected chi connectivity index (χ1v) is 5.95. The van der Waals surface area contributed by atoms with Gasteiger partial charge in [0.05, 0.1) is 0 Å². The second-order valence-electron chi connectivity index (χ2n) is 3.19. The highest BCUT2D eigenvalue weighted by Gasteiger charge is 2.24. The van der Waals surface area contributed by atoms with Crippen molar-refractivity contribution in [1.29, 1.82) is 0 Å². The first-order chi connectivity index (χ1) is 7.39. The van der Waals surface area contributed by atoms with E-state index in [4.69, 9.17) is 5.73 Å². The summed E-state index contributed by atoms with van der Waals surface area (Å²) in [7, 11) is -2.76. The summed E-state index contributed by atoms with van der Waals surface area (Å²) in [5, 5.41) is 0. The Labute approximate surface area is 92.7 Å². The van der Waals surface area contributed by atoms with Crippen molar-refractivity contribution in [2.45, 2.75) is 4.90 Å². The maximum atomic E-state index is 13.3. The zero-order valence-electron chi connectivity index (χ0n) is 8.65. The smallest absolute Gasteiger partial charge is 0.245 e. The van der Waals surface area contributed by atoms with E-state index in [2.05, 4.69) is 0 Å². The van der Waals surface area contributed by atoms with Crippen molar-refractivity contribution in [2.24, 2.45) is 5.73 Å². The molecule has 0 heterocycles. The summed E-state index contributed by atoms with van der Waals surface area (Å²) in [5.74, 6) is -1.79. The Balaban J connectivity index is 3.21. The van der Waals surface area contributed by atoms with Crippen LogP contribution in [0.25, 0.3) is 0 Å². The number of hydrogen-bond donors (Lipinski definition) is 1. The van der Waals surface area contributed by atoms with Gasteiger partial charge in [0.2, 0.25) is 10.0 Å². The molecule has 2 N–H and O–H groups in total. The van der Waals surface area contributed by atoms with Crippen molar-refractivity contribution in [1.82, 2.24) is 4.31 Å². The molecule has 0 fully saturated rings. The van der Waals surface area contributed by atoms with Crippen molar-refractivity contribution in [3.05, 3.63) is 29.8 Å². The van der Waals surface area contributed by atoms with Crippen LogP contribution in [0.2, 0.25) is 0 Å². The topological polar surface area (TPSA) is 63.4 Å². The first-order valence-electron chi connectivity index (χ1n) is 4.51. The number of halogens is 2. The normalized spacial score (nSPS) is 12.1. The average molecular weight is 250 g/mol. The summed E-state index contributed by atoms with van der Waals surface area (Å²) < 4.78 is 50.5. The molecule has 0 aliphatic heterocycles. The number of nitrogens with two attached hydrogens (primary N) is 1. The lowest BCUT2D eigenvalue weighted by molar-refractivity contribution is 0.467.